The molecule has 3 heteroatoms. The van der Waals surface area contributed by atoms with Gasteiger partial charge < -0.3 is 4.90 Å². The summed E-state index contributed by atoms with van der Waals surface area (Å²) in [4.78, 5) is 11.5. The summed E-state index contributed by atoms with van der Waals surface area (Å²) < 4.78 is 0. The number of para-hydroxylation sites is 1. The van der Waals surface area contributed by atoms with E-state index < -0.39 is 0 Å². The van der Waals surface area contributed by atoms with E-state index in [4.69, 9.17) is 4.98 Å². The molecule has 1 aliphatic heterocycles. The van der Waals surface area contributed by atoms with Crippen LogP contribution in [0.15, 0.2) is 66.9 Å². The summed E-state index contributed by atoms with van der Waals surface area (Å²) in [5.41, 5.74) is 4.66. The SMILES string of the molecule is CC1Cc2ccccc2N1c1nccc(-c2ccccc2)n1. The fourth-order valence-corrected chi connectivity index (χ4v) is 3.10. The highest BCUT2D eigenvalue weighted by Gasteiger charge is 2.28. The molecule has 0 aliphatic carbocycles. The molecule has 1 atom stereocenters. The van der Waals surface area contributed by atoms with Crippen LogP contribution in [0.1, 0.15) is 12.5 Å². The Balaban J connectivity index is 1.78. The van der Waals surface area contributed by atoms with E-state index >= 15 is 0 Å². The molecule has 0 radical (unpaired) electrons. The highest BCUT2D eigenvalue weighted by atomic mass is 15.3. The zero-order valence-corrected chi connectivity index (χ0v) is 12.5. The van der Waals surface area contributed by atoms with Crippen molar-refractivity contribution >= 4 is 11.6 Å². The molecule has 0 saturated heterocycles. The van der Waals surface area contributed by atoms with Gasteiger partial charge in [0.1, 0.15) is 0 Å². The normalized spacial score (nSPS) is 16.6. The quantitative estimate of drug-likeness (QED) is 0.706. The first kappa shape index (κ1) is 13.0. The van der Waals surface area contributed by atoms with Gasteiger partial charge in [0.15, 0.2) is 0 Å². The Kier molecular flexibility index (Phi) is 3.11. The van der Waals surface area contributed by atoms with Gasteiger partial charge >= 0.3 is 0 Å². The first-order valence-electron chi connectivity index (χ1n) is 7.58. The molecule has 4 rings (SSSR count). The van der Waals surface area contributed by atoms with Crippen molar-refractivity contribution < 1.29 is 0 Å². The smallest absolute Gasteiger partial charge is 0.230 e. The average molecular weight is 287 g/mol. The minimum atomic E-state index is 0.378. The number of hydrogen-bond acceptors (Lipinski definition) is 3. The summed E-state index contributed by atoms with van der Waals surface area (Å²) >= 11 is 0. The highest BCUT2D eigenvalue weighted by Crippen LogP contribution is 2.36. The Morgan fingerprint density at radius 3 is 2.59 bits per heavy atom. The van der Waals surface area contributed by atoms with E-state index in [9.17, 15) is 0 Å². The van der Waals surface area contributed by atoms with Crippen LogP contribution in [-0.4, -0.2) is 16.0 Å². The number of anilines is 2. The van der Waals surface area contributed by atoms with Crippen LogP contribution in [0.5, 0.6) is 0 Å². The zero-order valence-electron chi connectivity index (χ0n) is 12.5. The number of rotatable bonds is 2. The molecule has 22 heavy (non-hydrogen) atoms. The monoisotopic (exact) mass is 287 g/mol. The third-order valence-corrected chi connectivity index (χ3v) is 4.14. The number of fused-ring (bicyclic) bond motifs is 1. The first-order chi connectivity index (χ1) is 10.8. The van der Waals surface area contributed by atoms with E-state index in [1.54, 1.807) is 0 Å². The van der Waals surface area contributed by atoms with Gasteiger partial charge in [-0.3, -0.25) is 0 Å². The van der Waals surface area contributed by atoms with Crippen molar-refractivity contribution in [2.45, 2.75) is 19.4 Å². The van der Waals surface area contributed by atoms with E-state index in [0.717, 1.165) is 23.6 Å². The van der Waals surface area contributed by atoms with Gasteiger partial charge in [-0.25, -0.2) is 9.97 Å². The molecule has 3 aromatic rings. The molecule has 1 aliphatic rings. The van der Waals surface area contributed by atoms with Crippen molar-refractivity contribution in [3.8, 4) is 11.3 Å². The zero-order chi connectivity index (χ0) is 14.9. The molecular weight excluding hydrogens is 270 g/mol. The number of aromatic nitrogens is 2. The van der Waals surface area contributed by atoms with Gasteiger partial charge in [0.25, 0.3) is 0 Å². The van der Waals surface area contributed by atoms with Crippen LogP contribution in [-0.2, 0) is 6.42 Å². The molecule has 0 N–H and O–H groups in total. The number of benzene rings is 2. The van der Waals surface area contributed by atoms with Gasteiger partial charge in [-0.1, -0.05) is 48.5 Å². The van der Waals surface area contributed by atoms with Gasteiger partial charge in [0.2, 0.25) is 5.95 Å². The van der Waals surface area contributed by atoms with Crippen molar-refractivity contribution in [2.75, 3.05) is 4.90 Å². The average Bonchev–Trinajstić information content (AvgIpc) is 2.91. The van der Waals surface area contributed by atoms with Gasteiger partial charge in [0.05, 0.1) is 5.69 Å². The number of nitrogens with zero attached hydrogens (tertiary/aromatic N) is 3. The molecule has 0 bridgehead atoms. The second-order valence-electron chi connectivity index (χ2n) is 5.66. The summed E-state index contributed by atoms with van der Waals surface area (Å²) in [6.07, 6.45) is 2.88. The van der Waals surface area contributed by atoms with Crippen LogP contribution in [0.25, 0.3) is 11.3 Å². The Morgan fingerprint density at radius 1 is 0.955 bits per heavy atom. The predicted molar refractivity (Wildman–Crippen MR) is 89.2 cm³/mol. The molecule has 0 amide bonds. The van der Waals surface area contributed by atoms with E-state index in [-0.39, 0.29) is 0 Å². The van der Waals surface area contributed by atoms with Crippen LogP contribution in [0.2, 0.25) is 0 Å². The van der Waals surface area contributed by atoms with E-state index in [1.165, 1.54) is 11.3 Å². The van der Waals surface area contributed by atoms with Gasteiger partial charge in [-0.15, -0.1) is 0 Å². The molecule has 1 unspecified atom stereocenters. The Bertz CT molecular complexity index is 799. The van der Waals surface area contributed by atoms with E-state index in [2.05, 4.69) is 53.2 Å². The highest BCUT2D eigenvalue weighted by molar-refractivity contribution is 5.68. The lowest BCUT2D eigenvalue weighted by Gasteiger charge is -2.22. The fraction of sp³-hybridized carbons (Fsp3) is 0.158. The summed E-state index contributed by atoms with van der Waals surface area (Å²) in [7, 11) is 0. The molecule has 1 aromatic heterocycles. The predicted octanol–water partition coefficient (Wildman–Crippen LogP) is 4.23. The van der Waals surface area contributed by atoms with E-state index in [1.807, 2.05) is 30.5 Å². The standard InChI is InChI=1S/C19H17N3/c1-14-13-16-9-5-6-10-18(16)22(14)19-20-12-11-17(21-19)15-7-3-2-4-8-15/h2-12,14H,13H2,1H3. The Morgan fingerprint density at radius 2 is 1.73 bits per heavy atom. The number of hydrogen-bond donors (Lipinski definition) is 0. The van der Waals surface area contributed by atoms with E-state index in [0.29, 0.717) is 6.04 Å². The first-order valence-corrected chi connectivity index (χ1v) is 7.58. The molecule has 3 nitrogen and oxygen atoms in total. The second kappa shape index (κ2) is 5.26. The summed E-state index contributed by atoms with van der Waals surface area (Å²) in [5, 5.41) is 0. The van der Waals surface area contributed by atoms with Crippen LogP contribution in [0.4, 0.5) is 11.6 Å². The lowest BCUT2D eigenvalue weighted by molar-refractivity contribution is 0.740. The van der Waals surface area contributed by atoms with Crippen LogP contribution in [0.3, 0.4) is 0 Å². The minimum Gasteiger partial charge on any atom is -0.307 e. The molecular formula is C19H17N3. The summed E-state index contributed by atoms with van der Waals surface area (Å²) in [5.74, 6) is 0.777. The summed E-state index contributed by atoms with van der Waals surface area (Å²) in [6, 6.07) is 21.1. The Hall–Kier alpha value is -2.68. The molecule has 2 aromatic carbocycles. The van der Waals surface area contributed by atoms with Gasteiger partial charge in [-0.2, -0.15) is 0 Å². The maximum absolute atomic E-state index is 4.79. The van der Waals surface area contributed by atoms with Crippen molar-refractivity contribution in [3.05, 3.63) is 72.4 Å². The molecule has 0 fully saturated rings. The van der Waals surface area contributed by atoms with Crippen molar-refractivity contribution in [1.29, 1.82) is 0 Å². The fourth-order valence-electron chi connectivity index (χ4n) is 3.10. The molecule has 2 heterocycles. The maximum Gasteiger partial charge on any atom is 0.230 e. The van der Waals surface area contributed by atoms with Gasteiger partial charge in [-0.05, 0) is 31.0 Å². The maximum atomic E-state index is 4.79. The van der Waals surface area contributed by atoms with Crippen molar-refractivity contribution in [3.63, 3.8) is 0 Å². The van der Waals surface area contributed by atoms with Crippen LogP contribution >= 0.6 is 0 Å². The van der Waals surface area contributed by atoms with Crippen molar-refractivity contribution in [1.82, 2.24) is 9.97 Å². The topological polar surface area (TPSA) is 29.0 Å². The lowest BCUT2D eigenvalue weighted by Crippen LogP contribution is -2.25. The third-order valence-electron chi connectivity index (χ3n) is 4.14. The second-order valence-corrected chi connectivity index (χ2v) is 5.66. The third kappa shape index (κ3) is 2.15. The molecule has 108 valence electrons. The van der Waals surface area contributed by atoms with Crippen molar-refractivity contribution in [2.24, 2.45) is 0 Å². The van der Waals surface area contributed by atoms with Crippen LogP contribution < -0.4 is 4.90 Å². The minimum absolute atomic E-state index is 0.378. The van der Waals surface area contributed by atoms with Gasteiger partial charge in [0, 0.05) is 23.5 Å². The summed E-state index contributed by atoms with van der Waals surface area (Å²) in [6.45, 7) is 2.22. The van der Waals surface area contributed by atoms with Crippen LogP contribution in [0, 0.1) is 0 Å². The molecule has 0 saturated carbocycles. The Labute approximate surface area is 130 Å². The lowest BCUT2D eigenvalue weighted by atomic mass is 10.1. The largest absolute Gasteiger partial charge is 0.307 e. The molecule has 0 spiro atoms.